The molecule has 0 radical (unpaired) electrons. The molecule has 0 saturated carbocycles. The number of aryl methyl sites for hydroxylation is 2. The predicted octanol–water partition coefficient (Wildman–Crippen LogP) is 5.81. The number of methoxy groups -OCH3 is 2. The van der Waals surface area contributed by atoms with E-state index >= 15 is 0 Å². The number of thioether (sulfide) groups is 1. The summed E-state index contributed by atoms with van der Waals surface area (Å²) >= 11 is 7.34. The fourth-order valence-electron chi connectivity index (χ4n) is 4.17. The van der Waals surface area contributed by atoms with Crippen LogP contribution in [0.4, 0.5) is 0 Å². The van der Waals surface area contributed by atoms with Crippen LogP contribution in [0.5, 0.6) is 11.5 Å². The summed E-state index contributed by atoms with van der Waals surface area (Å²) in [4.78, 5) is 31.8. The van der Waals surface area contributed by atoms with Gasteiger partial charge in [0.2, 0.25) is 5.91 Å². The van der Waals surface area contributed by atoms with E-state index in [1.807, 2.05) is 62.4 Å². The van der Waals surface area contributed by atoms with E-state index < -0.39 is 5.25 Å². The van der Waals surface area contributed by atoms with E-state index in [-0.39, 0.29) is 11.5 Å². The fraction of sp³-hybridized carbons (Fsp3) is 0.300. The molecule has 0 aliphatic rings. The lowest BCUT2D eigenvalue weighted by Crippen LogP contribution is -2.33. The van der Waals surface area contributed by atoms with Crippen LogP contribution in [0, 0.1) is 6.92 Å². The number of halogens is 1. The van der Waals surface area contributed by atoms with Crippen LogP contribution < -0.4 is 20.3 Å². The Morgan fingerprint density at radius 1 is 1.03 bits per heavy atom. The average molecular weight is 566 g/mol. The Kier molecular flexibility index (Phi) is 9.54. The van der Waals surface area contributed by atoms with E-state index in [4.69, 9.17) is 26.1 Å². The number of carbonyl (C=O) groups excluding carboxylic acids is 1. The fourth-order valence-corrected chi connectivity index (χ4v) is 5.36. The third-order valence-corrected chi connectivity index (χ3v) is 8.07. The zero-order valence-corrected chi connectivity index (χ0v) is 24.1. The predicted molar refractivity (Wildman–Crippen MR) is 157 cm³/mol. The SMILES string of the molecule is CCC(Sc1nc2cc(OC)c(OC)cc2c(=O)n1CCc1ccc(Cl)cc1)C(=O)NCc1ccc(C)cc1. The van der Waals surface area contributed by atoms with Crippen LogP contribution in [0.15, 0.2) is 70.6 Å². The summed E-state index contributed by atoms with van der Waals surface area (Å²) in [6.07, 6.45) is 1.17. The first kappa shape index (κ1) is 28.5. The molecule has 9 heteroatoms. The highest BCUT2D eigenvalue weighted by Crippen LogP contribution is 2.32. The van der Waals surface area contributed by atoms with Gasteiger partial charge in [-0.15, -0.1) is 0 Å². The first-order chi connectivity index (χ1) is 18.8. The number of amides is 1. The van der Waals surface area contributed by atoms with Crippen molar-refractivity contribution in [2.24, 2.45) is 0 Å². The van der Waals surface area contributed by atoms with Gasteiger partial charge in [0.25, 0.3) is 5.56 Å². The molecule has 1 aromatic heterocycles. The quantitative estimate of drug-likeness (QED) is 0.183. The van der Waals surface area contributed by atoms with Gasteiger partial charge in [-0.2, -0.15) is 0 Å². The van der Waals surface area contributed by atoms with Gasteiger partial charge in [0.05, 0.1) is 30.4 Å². The van der Waals surface area contributed by atoms with Crippen molar-refractivity contribution in [3.63, 3.8) is 0 Å². The molecule has 4 aromatic rings. The monoisotopic (exact) mass is 565 g/mol. The van der Waals surface area contributed by atoms with E-state index in [9.17, 15) is 9.59 Å². The maximum Gasteiger partial charge on any atom is 0.262 e. The van der Waals surface area contributed by atoms with Gasteiger partial charge >= 0.3 is 0 Å². The lowest BCUT2D eigenvalue weighted by atomic mass is 10.1. The molecule has 39 heavy (non-hydrogen) atoms. The number of hydrogen-bond donors (Lipinski definition) is 1. The molecular weight excluding hydrogens is 534 g/mol. The summed E-state index contributed by atoms with van der Waals surface area (Å²) in [5.74, 6) is 0.833. The van der Waals surface area contributed by atoms with Crippen LogP contribution in [0.25, 0.3) is 10.9 Å². The van der Waals surface area contributed by atoms with Crippen LogP contribution in [0.2, 0.25) is 5.02 Å². The number of fused-ring (bicyclic) bond motifs is 1. The number of nitrogens with one attached hydrogen (secondary N) is 1. The van der Waals surface area contributed by atoms with E-state index in [1.165, 1.54) is 31.5 Å². The average Bonchev–Trinajstić information content (AvgIpc) is 2.95. The molecule has 7 nitrogen and oxygen atoms in total. The molecule has 1 atom stereocenters. The summed E-state index contributed by atoms with van der Waals surface area (Å²) in [5.41, 5.74) is 3.52. The van der Waals surface area contributed by atoms with E-state index in [2.05, 4.69) is 5.32 Å². The number of aromatic nitrogens is 2. The molecule has 0 bridgehead atoms. The molecule has 204 valence electrons. The van der Waals surface area contributed by atoms with Crippen LogP contribution in [-0.4, -0.2) is 34.9 Å². The molecule has 1 amide bonds. The van der Waals surface area contributed by atoms with Crippen LogP contribution in [0.3, 0.4) is 0 Å². The normalized spacial score (nSPS) is 11.8. The molecule has 4 rings (SSSR count). The van der Waals surface area contributed by atoms with Gasteiger partial charge in [0.15, 0.2) is 16.7 Å². The Morgan fingerprint density at radius 2 is 1.67 bits per heavy atom. The Bertz CT molecular complexity index is 1500. The van der Waals surface area contributed by atoms with Crippen molar-refractivity contribution in [3.05, 3.63) is 92.7 Å². The molecule has 1 N–H and O–H groups in total. The molecule has 1 heterocycles. The summed E-state index contributed by atoms with van der Waals surface area (Å²) < 4.78 is 12.5. The van der Waals surface area contributed by atoms with Crippen molar-refractivity contribution in [3.8, 4) is 11.5 Å². The van der Waals surface area contributed by atoms with Crippen molar-refractivity contribution in [1.82, 2.24) is 14.9 Å². The van der Waals surface area contributed by atoms with Gasteiger partial charge in [-0.3, -0.25) is 14.2 Å². The molecule has 3 aromatic carbocycles. The maximum atomic E-state index is 13.8. The second kappa shape index (κ2) is 13.0. The first-order valence-electron chi connectivity index (χ1n) is 12.7. The maximum absolute atomic E-state index is 13.8. The van der Waals surface area contributed by atoms with Gasteiger partial charge in [-0.25, -0.2) is 4.98 Å². The second-order valence-electron chi connectivity index (χ2n) is 9.17. The van der Waals surface area contributed by atoms with E-state index in [0.717, 1.165) is 11.1 Å². The van der Waals surface area contributed by atoms with Gasteiger partial charge in [0.1, 0.15) is 0 Å². The lowest BCUT2D eigenvalue weighted by molar-refractivity contribution is -0.120. The zero-order valence-electron chi connectivity index (χ0n) is 22.5. The van der Waals surface area contributed by atoms with Crippen molar-refractivity contribution in [1.29, 1.82) is 0 Å². The third kappa shape index (κ3) is 6.94. The number of nitrogens with zero attached hydrogens (tertiary/aromatic N) is 2. The van der Waals surface area contributed by atoms with Gasteiger partial charge < -0.3 is 14.8 Å². The second-order valence-corrected chi connectivity index (χ2v) is 10.8. The van der Waals surface area contributed by atoms with E-state index in [1.54, 1.807) is 16.7 Å². The van der Waals surface area contributed by atoms with Crippen molar-refractivity contribution >= 4 is 40.2 Å². The highest BCUT2D eigenvalue weighted by atomic mass is 35.5. The van der Waals surface area contributed by atoms with Gasteiger partial charge in [-0.05, 0) is 49.1 Å². The Morgan fingerprint density at radius 3 is 2.31 bits per heavy atom. The smallest absolute Gasteiger partial charge is 0.262 e. The minimum Gasteiger partial charge on any atom is -0.493 e. The first-order valence-corrected chi connectivity index (χ1v) is 14.0. The number of hydrogen-bond acceptors (Lipinski definition) is 6. The number of ether oxygens (including phenoxy) is 2. The minimum absolute atomic E-state index is 0.103. The molecule has 0 saturated heterocycles. The van der Waals surface area contributed by atoms with Crippen molar-refractivity contribution < 1.29 is 14.3 Å². The Balaban J connectivity index is 1.66. The largest absolute Gasteiger partial charge is 0.493 e. The molecule has 1 unspecified atom stereocenters. The topological polar surface area (TPSA) is 82.5 Å². The highest BCUT2D eigenvalue weighted by Gasteiger charge is 2.23. The minimum atomic E-state index is -0.429. The highest BCUT2D eigenvalue weighted by molar-refractivity contribution is 8.00. The number of rotatable bonds is 11. The lowest BCUT2D eigenvalue weighted by Gasteiger charge is -2.19. The van der Waals surface area contributed by atoms with Gasteiger partial charge in [0, 0.05) is 24.2 Å². The van der Waals surface area contributed by atoms with Crippen molar-refractivity contribution in [2.75, 3.05) is 14.2 Å². The molecular formula is C30H32ClN3O4S. The van der Waals surface area contributed by atoms with Crippen LogP contribution >= 0.6 is 23.4 Å². The Labute approximate surface area is 237 Å². The summed E-state index contributed by atoms with van der Waals surface area (Å²) in [6, 6.07) is 18.9. The molecule has 0 spiro atoms. The molecule has 0 aliphatic carbocycles. The number of benzene rings is 3. The molecule has 0 aliphatic heterocycles. The van der Waals surface area contributed by atoms with E-state index in [0.29, 0.717) is 58.5 Å². The zero-order chi connectivity index (χ0) is 27.9. The summed E-state index contributed by atoms with van der Waals surface area (Å²) in [7, 11) is 3.07. The van der Waals surface area contributed by atoms with Crippen LogP contribution in [0.1, 0.15) is 30.0 Å². The summed E-state index contributed by atoms with van der Waals surface area (Å²) in [6.45, 7) is 4.80. The standard InChI is InChI=1S/C30H32ClN3O4S/c1-5-27(28(35)32-18-21-8-6-19(2)7-9-21)39-30-33-24-17-26(38-4)25(37-3)16-23(24)29(36)34(30)15-14-20-10-12-22(31)13-11-20/h6-13,16-17,27H,5,14-15,18H2,1-4H3,(H,32,35). The van der Waals surface area contributed by atoms with Gasteiger partial charge in [-0.1, -0.05) is 72.2 Å². The summed E-state index contributed by atoms with van der Waals surface area (Å²) in [5, 5.41) is 4.16. The van der Waals surface area contributed by atoms with Crippen molar-refractivity contribution in [2.45, 2.75) is 50.2 Å². The third-order valence-electron chi connectivity index (χ3n) is 6.46. The number of carbonyl (C=O) groups is 1. The Hall–Kier alpha value is -3.49. The molecule has 0 fully saturated rings. The van der Waals surface area contributed by atoms with Crippen LogP contribution in [-0.2, 0) is 24.3 Å².